The summed E-state index contributed by atoms with van der Waals surface area (Å²) in [6.45, 7) is 0.285. The zero-order valence-electron chi connectivity index (χ0n) is 28.9. The maximum atomic E-state index is 14.6. The van der Waals surface area contributed by atoms with E-state index >= 15 is 0 Å². The topological polar surface area (TPSA) is 135 Å². The molecule has 0 aliphatic heterocycles. The number of aromatic amines is 1. The second kappa shape index (κ2) is 17.1. The average molecular weight is 695 g/mol. The lowest BCUT2D eigenvalue weighted by Gasteiger charge is -2.32. The van der Waals surface area contributed by atoms with Gasteiger partial charge in [-0.3, -0.25) is 19.2 Å². The molecule has 1 aromatic heterocycles. The molecule has 2 atom stereocenters. The van der Waals surface area contributed by atoms with Crippen LogP contribution in [0.3, 0.4) is 0 Å². The molecule has 0 saturated heterocycles. The molecule has 0 aliphatic carbocycles. The van der Waals surface area contributed by atoms with E-state index in [1.165, 1.54) is 0 Å². The van der Waals surface area contributed by atoms with Crippen molar-refractivity contribution in [2.24, 2.45) is 5.73 Å². The molecule has 0 spiro atoms. The highest BCUT2D eigenvalue weighted by Crippen LogP contribution is 2.24. The standard InChI is InChI=1S/C43H42N4O5/c44-40(48)26-35(25-32-22-23-33-16-7-8-17-34(33)24-32)46-42(50)39(20-11-21-41(49)52-29-31-14-5-2-6-15-31)47(28-30-12-3-1-4-13-30)43(51)37-27-45-38-19-10-9-18-36(37)38/h1-10,12-19,22-24,27,35,39,45H,11,20-21,25-26,28-29H2,(H2,44,48)(H,46,50)/t35-,39-/m0/s1. The van der Waals surface area contributed by atoms with Crippen LogP contribution in [-0.2, 0) is 38.7 Å². The Kier molecular flexibility index (Phi) is 11.7. The van der Waals surface area contributed by atoms with E-state index < -0.39 is 29.9 Å². The van der Waals surface area contributed by atoms with Gasteiger partial charge in [-0.2, -0.15) is 0 Å². The van der Waals surface area contributed by atoms with E-state index in [-0.39, 0.29) is 44.7 Å². The minimum Gasteiger partial charge on any atom is -0.461 e. The first-order chi connectivity index (χ1) is 25.3. The zero-order chi connectivity index (χ0) is 36.3. The zero-order valence-corrected chi connectivity index (χ0v) is 28.9. The molecule has 4 N–H and O–H groups in total. The van der Waals surface area contributed by atoms with E-state index in [1.807, 2.05) is 127 Å². The van der Waals surface area contributed by atoms with E-state index in [0.717, 1.165) is 38.4 Å². The Morgan fingerprint density at radius 2 is 1.42 bits per heavy atom. The number of primary amides is 1. The molecule has 6 aromatic rings. The van der Waals surface area contributed by atoms with Gasteiger partial charge in [0.25, 0.3) is 5.91 Å². The van der Waals surface area contributed by atoms with E-state index in [9.17, 15) is 19.2 Å². The molecule has 0 saturated carbocycles. The van der Waals surface area contributed by atoms with Crippen molar-refractivity contribution < 1.29 is 23.9 Å². The number of H-pyrrole nitrogens is 1. The maximum Gasteiger partial charge on any atom is 0.306 e. The second-order valence-corrected chi connectivity index (χ2v) is 13.0. The molecule has 264 valence electrons. The number of nitrogens with zero attached hydrogens (tertiary/aromatic N) is 1. The van der Waals surface area contributed by atoms with Gasteiger partial charge in [-0.25, -0.2) is 0 Å². The van der Waals surface area contributed by atoms with Crippen LogP contribution >= 0.6 is 0 Å². The molecule has 6 rings (SSSR count). The van der Waals surface area contributed by atoms with Crippen molar-refractivity contribution in [1.29, 1.82) is 0 Å². The lowest BCUT2D eigenvalue weighted by molar-refractivity contribution is -0.145. The van der Waals surface area contributed by atoms with Gasteiger partial charge in [0.05, 0.1) is 5.56 Å². The highest BCUT2D eigenvalue weighted by molar-refractivity contribution is 6.08. The monoisotopic (exact) mass is 694 g/mol. The van der Waals surface area contributed by atoms with E-state index in [1.54, 1.807) is 11.1 Å². The molecular formula is C43H42N4O5. The van der Waals surface area contributed by atoms with Crippen LogP contribution < -0.4 is 11.1 Å². The molecule has 52 heavy (non-hydrogen) atoms. The summed E-state index contributed by atoms with van der Waals surface area (Å²) in [5.74, 6) is -1.73. The Labute approximate surface area is 302 Å². The van der Waals surface area contributed by atoms with Crippen molar-refractivity contribution >= 4 is 45.4 Å². The summed E-state index contributed by atoms with van der Waals surface area (Å²) in [6, 6.07) is 38.7. The van der Waals surface area contributed by atoms with Gasteiger partial charge in [0, 0.05) is 42.5 Å². The molecular weight excluding hydrogens is 652 g/mol. The van der Waals surface area contributed by atoms with Crippen LogP contribution in [0.1, 0.15) is 52.7 Å². The normalized spacial score (nSPS) is 12.2. The van der Waals surface area contributed by atoms with Crippen molar-refractivity contribution in [1.82, 2.24) is 15.2 Å². The van der Waals surface area contributed by atoms with Crippen molar-refractivity contribution in [2.75, 3.05) is 0 Å². The molecule has 0 unspecified atom stereocenters. The molecule has 0 aliphatic rings. The number of fused-ring (bicyclic) bond motifs is 2. The fraction of sp³-hybridized carbons (Fsp3) is 0.209. The Morgan fingerprint density at radius 3 is 2.17 bits per heavy atom. The fourth-order valence-corrected chi connectivity index (χ4v) is 6.55. The van der Waals surface area contributed by atoms with Crippen molar-refractivity contribution in [3.8, 4) is 0 Å². The molecule has 3 amide bonds. The summed E-state index contributed by atoms with van der Waals surface area (Å²) < 4.78 is 5.51. The number of esters is 1. The van der Waals surface area contributed by atoms with E-state index in [2.05, 4.69) is 10.3 Å². The smallest absolute Gasteiger partial charge is 0.306 e. The second-order valence-electron chi connectivity index (χ2n) is 13.0. The summed E-state index contributed by atoms with van der Waals surface area (Å²) in [5.41, 5.74) is 9.55. The van der Waals surface area contributed by atoms with Crippen molar-refractivity contribution in [3.05, 3.63) is 156 Å². The molecule has 0 bridgehead atoms. The molecule has 0 fully saturated rings. The van der Waals surface area contributed by atoms with Gasteiger partial charge in [0.1, 0.15) is 12.6 Å². The quantitative estimate of drug-likeness (QED) is 0.0954. The minimum atomic E-state index is -0.990. The average Bonchev–Trinajstić information content (AvgIpc) is 3.59. The maximum absolute atomic E-state index is 14.6. The summed E-state index contributed by atoms with van der Waals surface area (Å²) in [5, 5.41) is 5.93. The predicted octanol–water partition coefficient (Wildman–Crippen LogP) is 6.85. The third kappa shape index (κ3) is 9.31. The number of nitrogens with one attached hydrogen (secondary N) is 2. The minimum absolute atomic E-state index is 0.0544. The number of benzene rings is 5. The number of aromatic nitrogens is 1. The third-order valence-electron chi connectivity index (χ3n) is 9.15. The van der Waals surface area contributed by atoms with Gasteiger partial charge in [0.2, 0.25) is 11.8 Å². The SMILES string of the molecule is NC(=O)C[C@H](Cc1ccc2ccccc2c1)NC(=O)[C@H](CCCC(=O)OCc1ccccc1)N(Cc1ccccc1)C(=O)c1c[nH]c2ccccc12. The van der Waals surface area contributed by atoms with Gasteiger partial charge in [-0.05, 0) is 52.8 Å². The first-order valence-electron chi connectivity index (χ1n) is 17.5. The van der Waals surface area contributed by atoms with Crippen LogP contribution in [0, 0.1) is 0 Å². The van der Waals surface area contributed by atoms with Gasteiger partial charge in [-0.15, -0.1) is 0 Å². The summed E-state index contributed by atoms with van der Waals surface area (Å²) in [4.78, 5) is 58.9. The number of amides is 3. The lowest BCUT2D eigenvalue weighted by atomic mass is 9.98. The third-order valence-corrected chi connectivity index (χ3v) is 9.15. The number of para-hydroxylation sites is 1. The molecule has 9 nitrogen and oxygen atoms in total. The highest BCUT2D eigenvalue weighted by Gasteiger charge is 2.33. The number of hydrogen-bond acceptors (Lipinski definition) is 5. The van der Waals surface area contributed by atoms with E-state index in [4.69, 9.17) is 10.5 Å². The number of hydrogen-bond donors (Lipinski definition) is 3. The number of carbonyl (C=O) groups excluding carboxylic acids is 4. The molecule has 0 radical (unpaired) electrons. The van der Waals surface area contributed by atoms with E-state index in [0.29, 0.717) is 12.0 Å². The van der Waals surface area contributed by atoms with Crippen LogP contribution in [0.4, 0.5) is 0 Å². The molecule has 1 heterocycles. The van der Waals surface area contributed by atoms with Crippen LogP contribution in [0.15, 0.2) is 134 Å². The predicted molar refractivity (Wildman–Crippen MR) is 202 cm³/mol. The lowest BCUT2D eigenvalue weighted by Crippen LogP contribution is -2.52. The van der Waals surface area contributed by atoms with Gasteiger partial charge < -0.3 is 25.7 Å². The Balaban J connectivity index is 1.28. The van der Waals surface area contributed by atoms with Gasteiger partial charge in [-0.1, -0.05) is 121 Å². The van der Waals surface area contributed by atoms with Crippen LogP contribution in [-0.4, -0.2) is 45.7 Å². The number of carbonyl (C=O) groups is 4. The Morgan fingerprint density at radius 1 is 0.750 bits per heavy atom. The van der Waals surface area contributed by atoms with Crippen LogP contribution in [0.25, 0.3) is 21.7 Å². The molecule has 5 aromatic carbocycles. The fourth-order valence-electron chi connectivity index (χ4n) is 6.55. The number of ether oxygens (including phenoxy) is 1. The number of nitrogens with two attached hydrogens (primary N) is 1. The summed E-state index contributed by atoms with van der Waals surface area (Å²) in [7, 11) is 0. The first-order valence-corrected chi connectivity index (χ1v) is 17.5. The van der Waals surface area contributed by atoms with Gasteiger partial charge >= 0.3 is 5.97 Å². The Hall–Kier alpha value is -6.22. The van der Waals surface area contributed by atoms with Crippen molar-refractivity contribution in [3.63, 3.8) is 0 Å². The first kappa shape index (κ1) is 35.6. The highest BCUT2D eigenvalue weighted by atomic mass is 16.5. The molecule has 9 heteroatoms. The summed E-state index contributed by atoms with van der Waals surface area (Å²) >= 11 is 0. The van der Waals surface area contributed by atoms with Gasteiger partial charge in [0.15, 0.2) is 0 Å². The van der Waals surface area contributed by atoms with Crippen molar-refractivity contribution in [2.45, 2.75) is 57.3 Å². The van der Waals surface area contributed by atoms with Crippen LogP contribution in [0.5, 0.6) is 0 Å². The Bertz CT molecular complexity index is 2150. The summed E-state index contributed by atoms with van der Waals surface area (Å²) in [6.07, 6.45) is 2.44. The number of rotatable bonds is 16. The van der Waals surface area contributed by atoms with Crippen LogP contribution in [0.2, 0.25) is 0 Å². The largest absolute Gasteiger partial charge is 0.461 e.